The highest BCUT2D eigenvalue weighted by Crippen LogP contribution is 2.32. The highest BCUT2D eigenvalue weighted by molar-refractivity contribution is 6.12. The van der Waals surface area contributed by atoms with Gasteiger partial charge in [-0.1, -0.05) is 31.9 Å². The molecule has 0 amide bonds. The highest BCUT2D eigenvalue weighted by Gasteiger charge is 2.33. The minimum atomic E-state index is -0.208. The molecule has 0 unspecified atom stereocenters. The van der Waals surface area contributed by atoms with Crippen LogP contribution in [0.5, 0.6) is 0 Å². The fourth-order valence-electron chi connectivity index (χ4n) is 3.48. The Balaban J connectivity index is 1.75. The second-order valence-electron chi connectivity index (χ2n) is 6.31. The van der Waals surface area contributed by atoms with E-state index in [9.17, 15) is 4.39 Å². The van der Waals surface area contributed by atoms with Crippen LogP contribution >= 0.6 is 0 Å². The van der Waals surface area contributed by atoms with Crippen molar-refractivity contribution in [3.05, 3.63) is 35.6 Å². The summed E-state index contributed by atoms with van der Waals surface area (Å²) in [4.78, 5) is 9.33. The summed E-state index contributed by atoms with van der Waals surface area (Å²) in [5.74, 6) is 0.838. The fraction of sp³-hybridized carbons (Fsp3) is 0.556. The molecule has 1 aromatic carbocycles. The van der Waals surface area contributed by atoms with Gasteiger partial charge in [-0.3, -0.25) is 9.98 Å². The van der Waals surface area contributed by atoms with E-state index < -0.39 is 0 Å². The van der Waals surface area contributed by atoms with Crippen molar-refractivity contribution in [2.45, 2.75) is 51.0 Å². The Morgan fingerprint density at radius 1 is 1.09 bits per heavy atom. The van der Waals surface area contributed by atoms with Crippen LogP contribution in [0, 0.1) is 5.82 Å². The second kappa shape index (κ2) is 6.59. The van der Waals surface area contributed by atoms with E-state index in [4.69, 9.17) is 0 Å². The van der Waals surface area contributed by atoms with Gasteiger partial charge in [0.25, 0.3) is 0 Å². The smallest absolute Gasteiger partial charge is 0.123 e. The van der Waals surface area contributed by atoms with Crippen molar-refractivity contribution in [2.75, 3.05) is 13.1 Å². The Bertz CT molecular complexity index is 568. The van der Waals surface area contributed by atoms with Gasteiger partial charge >= 0.3 is 0 Å². The number of amidine groups is 1. The molecule has 1 N–H and O–H groups in total. The first-order valence-electron chi connectivity index (χ1n) is 8.31. The molecule has 1 aromatic rings. The number of halogens is 1. The van der Waals surface area contributed by atoms with Crippen LogP contribution in [-0.4, -0.2) is 30.2 Å². The van der Waals surface area contributed by atoms with Gasteiger partial charge in [-0.2, -0.15) is 0 Å². The maximum atomic E-state index is 13.1. The van der Waals surface area contributed by atoms with Crippen LogP contribution in [0.3, 0.4) is 0 Å². The zero-order valence-electron chi connectivity index (χ0n) is 13.2. The summed E-state index contributed by atoms with van der Waals surface area (Å²) < 4.78 is 13.1. The van der Waals surface area contributed by atoms with E-state index >= 15 is 0 Å². The summed E-state index contributed by atoms with van der Waals surface area (Å²) in [5, 5.41) is 3.73. The quantitative estimate of drug-likeness (QED) is 0.907. The Kier molecular flexibility index (Phi) is 4.55. The SMILES string of the molecule is CCC1(NC2=NCCN=C(c3ccc(F)cc3)C2)CCCC1. The van der Waals surface area contributed by atoms with Gasteiger partial charge in [0.2, 0.25) is 0 Å². The van der Waals surface area contributed by atoms with Gasteiger partial charge in [0.05, 0.1) is 13.1 Å². The summed E-state index contributed by atoms with van der Waals surface area (Å²) in [6.07, 6.45) is 6.90. The molecule has 22 heavy (non-hydrogen) atoms. The zero-order chi connectivity index (χ0) is 15.4. The van der Waals surface area contributed by atoms with E-state index in [1.54, 1.807) is 0 Å². The van der Waals surface area contributed by atoms with Crippen LogP contribution in [0.15, 0.2) is 34.3 Å². The van der Waals surface area contributed by atoms with Gasteiger partial charge in [0.1, 0.15) is 11.7 Å². The van der Waals surface area contributed by atoms with Crippen molar-refractivity contribution in [3.8, 4) is 0 Å². The molecule has 0 aromatic heterocycles. The van der Waals surface area contributed by atoms with E-state index in [0.29, 0.717) is 13.0 Å². The predicted molar refractivity (Wildman–Crippen MR) is 89.3 cm³/mol. The average Bonchev–Trinajstić information content (AvgIpc) is 2.88. The van der Waals surface area contributed by atoms with Crippen molar-refractivity contribution in [1.29, 1.82) is 0 Å². The normalized spacial score (nSPS) is 21.0. The molecule has 1 saturated carbocycles. The summed E-state index contributed by atoms with van der Waals surface area (Å²) >= 11 is 0. The monoisotopic (exact) mass is 301 g/mol. The van der Waals surface area contributed by atoms with Crippen molar-refractivity contribution in [1.82, 2.24) is 5.32 Å². The lowest BCUT2D eigenvalue weighted by molar-refractivity contribution is 0.374. The van der Waals surface area contributed by atoms with Crippen LogP contribution < -0.4 is 5.32 Å². The molecule has 1 fully saturated rings. The maximum absolute atomic E-state index is 13.1. The van der Waals surface area contributed by atoms with Crippen LogP contribution in [0.25, 0.3) is 0 Å². The van der Waals surface area contributed by atoms with Gasteiger partial charge in [-0.15, -0.1) is 0 Å². The first-order chi connectivity index (χ1) is 10.7. The van der Waals surface area contributed by atoms with Crippen molar-refractivity contribution in [2.24, 2.45) is 9.98 Å². The number of rotatable bonds is 3. The third-order valence-corrected chi connectivity index (χ3v) is 4.86. The molecule has 0 spiro atoms. The number of benzene rings is 1. The Morgan fingerprint density at radius 2 is 1.77 bits per heavy atom. The zero-order valence-corrected chi connectivity index (χ0v) is 13.2. The molecule has 1 aliphatic carbocycles. The third-order valence-electron chi connectivity index (χ3n) is 4.86. The minimum Gasteiger partial charge on any atom is -0.368 e. The standard InChI is InChI=1S/C18H24FN3/c1-2-18(9-3-4-10-18)22-17-13-16(20-11-12-21-17)14-5-7-15(19)8-6-14/h5-8H,2-4,9-13H2,1H3,(H,21,22). The Hall–Kier alpha value is -1.71. The van der Waals surface area contributed by atoms with Crippen LogP contribution in [0.2, 0.25) is 0 Å². The fourth-order valence-corrected chi connectivity index (χ4v) is 3.48. The first kappa shape index (κ1) is 15.2. The number of nitrogens with one attached hydrogen (secondary N) is 1. The van der Waals surface area contributed by atoms with Gasteiger partial charge < -0.3 is 5.32 Å². The summed E-state index contributed by atoms with van der Waals surface area (Å²) in [6, 6.07) is 6.61. The molecule has 0 atom stereocenters. The molecule has 118 valence electrons. The summed E-state index contributed by atoms with van der Waals surface area (Å²) in [7, 11) is 0. The third kappa shape index (κ3) is 3.37. The van der Waals surface area contributed by atoms with Gasteiger partial charge in [-0.05, 0) is 37.0 Å². The minimum absolute atomic E-state index is 0.208. The van der Waals surface area contributed by atoms with Crippen molar-refractivity contribution < 1.29 is 4.39 Å². The molecule has 1 heterocycles. The number of nitrogens with zero attached hydrogens (tertiary/aromatic N) is 2. The van der Waals surface area contributed by atoms with E-state index in [1.807, 2.05) is 12.1 Å². The number of hydrogen-bond acceptors (Lipinski definition) is 3. The topological polar surface area (TPSA) is 36.8 Å². The van der Waals surface area contributed by atoms with Crippen LogP contribution in [0.1, 0.15) is 51.0 Å². The molecular weight excluding hydrogens is 277 g/mol. The largest absolute Gasteiger partial charge is 0.368 e. The van der Waals surface area contributed by atoms with Gasteiger partial charge in [0, 0.05) is 17.7 Å². The molecule has 0 radical (unpaired) electrons. The molecular formula is C18H24FN3. The van der Waals surface area contributed by atoms with Gasteiger partial charge in [0.15, 0.2) is 0 Å². The van der Waals surface area contributed by atoms with Crippen LogP contribution in [0.4, 0.5) is 4.39 Å². The van der Waals surface area contributed by atoms with Gasteiger partial charge in [-0.25, -0.2) is 4.39 Å². The summed E-state index contributed by atoms with van der Waals surface area (Å²) in [5.41, 5.74) is 2.22. The van der Waals surface area contributed by atoms with E-state index in [1.165, 1.54) is 37.8 Å². The second-order valence-corrected chi connectivity index (χ2v) is 6.31. The predicted octanol–water partition coefficient (Wildman–Crippen LogP) is 3.73. The Morgan fingerprint density at radius 3 is 2.45 bits per heavy atom. The van der Waals surface area contributed by atoms with E-state index in [-0.39, 0.29) is 11.4 Å². The Labute approximate surface area is 131 Å². The molecule has 2 aliphatic rings. The molecule has 3 rings (SSSR count). The maximum Gasteiger partial charge on any atom is 0.123 e. The molecule has 3 nitrogen and oxygen atoms in total. The average molecular weight is 301 g/mol. The summed E-state index contributed by atoms with van der Waals surface area (Å²) in [6.45, 7) is 3.69. The molecule has 0 saturated heterocycles. The number of aliphatic imine (C=N–C) groups is 2. The molecule has 4 heteroatoms. The lowest BCUT2D eigenvalue weighted by Crippen LogP contribution is -2.46. The lowest BCUT2D eigenvalue weighted by atomic mass is 9.93. The van der Waals surface area contributed by atoms with Crippen molar-refractivity contribution >= 4 is 11.5 Å². The molecule has 0 bridgehead atoms. The highest BCUT2D eigenvalue weighted by atomic mass is 19.1. The lowest BCUT2D eigenvalue weighted by Gasteiger charge is -2.31. The van der Waals surface area contributed by atoms with Crippen LogP contribution in [-0.2, 0) is 0 Å². The van der Waals surface area contributed by atoms with E-state index in [2.05, 4.69) is 22.2 Å². The first-order valence-corrected chi connectivity index (χ1v) is 8.31. The van der Waals surface area contributed by atoms with E-state index in [0.717, 1.165) is 30.1 Å². The van der Waals surface area contributed by atoms with Crippen molar-refractivity contribution in [3.63, 3.8) is 0 Å². The molecule has 1 aliphatic heterocycles. The number of hydrogen-bond donors (Lipinski definition) is 1.